The molecule has 26 heavy (non-hydrogen) atoms. The molecule has 0 aromatic heterocycles. The number of carbonyl (C=O) groups is 2. The summed E-state index contributed by atoms with van der Waals surface area (Å²) in [5.74, 6) is -0.766. The molecule has 0 saturated heterocycles. The minimum absolute atomic E-state index is 0.00437. The van der Waals surface area contributed by atoms with Crippen molar-refractivity contribution >= 4 is 17.4 Å². The van der Waals surface area contributed by atoms with Crippen LogP contribution in [0.15, 0.2) is 48.5 Å². The minimum Gasteiger partial charge on any atom is -0.497 e. The van der Waals surface area contributed by atoms with E-state index in [1.165, 1.54) is 18.2 Å². The highest BCUT2D eigenvalue weighted by atomic mass is 16.5. The quantitative estimate of drug-likeness (QED) is 0.651. The molecule has 3 rings (SSSR count). The van der Waals surface area contributed by atoms with E-state index in [4.69, 9.17) is 4.74 Å². The predicted octanol–water partition coefficient (Wildman–Crippen LogP) is 3.54. The van der Waals surface area contributed by atoms with Crippen molar-refractivity contribution in [2.75, 3.05) is 7.11 Å². The first-order valence-corrected chi connectivity index (χ1v) is 8.34. The third kappa shape index (κ3) is 3.47. The van der Waals surface area contributed by atoms with Crippen molar-refractivity contribution in [2.45, 2.75) is 25.8 Å². The van der Waals surface area contributed by atoms with Crippen LogP contribution in [0, 0.1) is 0 Å². The molecule has 5 nitrogen and oxygen atoms in total. The molecule has 0 spiro atoms. The number of ether oxygens (including phenoxy) is 1. The summed E-state index contributed by atoms with van der Waals surface area (Å²) < 4.78 is 5.30. The van der Waals surface area contributed by atoms with E-state index >= 15 is 0 Å². The van der Waals surface area contributed by atoms with Crippen molar-refractivity contribution in [3.8, 4) is 5.75 Å². The maximum absolute atomic E-state index is 12.8. The Morgan fingerprint density at radius 1 is 1.15 bits per heavy atom. The highest BCUT2D eigenvalue weighted by Crippen LogP contribution is 2.32. The fourth-order valence-electron chi connectivity index (χ4n) is 3.25. The molecular weight excluding hydrogens is 330 g/mol. The van der Waals surface area contributed by atoms with Gasteiger partial charge in [0.05, 0.1) is 12.7 Å². The molecule has 2 aromatic carbocycles. The van der Waals surface area contributed by atoms with Crippen LogP contribution in [0.2, 0.25) is 0 Å². The summed E-state index contributed by atoms with van der Waals surface area (Å²) in [5.41, 5.74) is 2.61. The van der Waals surface area contributed by atoms with E-state index in [9.17, 15) is 14.7 Å². The average molecular weight is 351 g/mol. The highest BCUT2D eigenvalue weighted by molar-refractivity contribution is 6.13. The Kier molecular flexibility index (Phi) is 4.55. The third-order valence-electron chi connectivity index (χ3n) is 4.41. The van der Waals surface area contributed by atoms with Crippen molar-refractivity contribution in [3.05, 3.63) is 70.8 Å². The first-order valence-electron chi connectivity index (χ1n) is 8.34. The lowest BCUT2D eigenvalue weighted by atomic mass is 9.85. The summed E-state index contributed by atoms with van der Waals surface area (Å²) in [6, 6.07) is 12.0. The Morgan fingerprint density at radius 3 is 2.50 bits per heavy atom. The SMILES string of the molecule is COc1ccc2c(c1)/C(=C/C(=O)c1ccccc1C(=O)O)NC(C)(C)C2. The standard InChI is InChI=1S/C21H21NO4/c1-21(2)12-13-8-9-14(26-3)10-17(13)18(22-21)11-19(23)15-6-4-5-7-16(15)20(24)25/h4-11,22H,12H2,1-3H3,(H,24,25)/b18-11-. The fourth-order valence-corrected chi connectivity index (χ4v) is 3.25. The van der Waals surface area contributed by atoms with E-state index in [0.717, 1.165) is 17.5 Å². The van der Waals surface area contributed by atoms with Crippen molar-refractivity contribution < 1.29 is 19.4 Å². The zero-order valence-corrected chi connectivity index (χ0v) is 15.0. The van der Waals surface area contributed by atoms with Gasteiger partial charge >= 0.3 is 5.97 Å². The normalized spacial score (nSPS) is 16.5. The third-order valence-corrected chi connectivity index (χ3v) is 4.41. The second-order valence-corrected chi connectivity index (χ2v) is 6.98. The van der Waals surface area contributed by atoms with Gasteiger partial charge in [0, 0.05) is 28.4 Å². The van der Waals surface area contributed by atoms with Gasteiger partial charge in [-0.15, -0.1) is 0 Å². The lowest BCUT2D eigenvalue weighted by molar-refractivity contribution is 0.0693. The summed E-state index contributed by atoms with van der Waals surface area (Å²) in [4.78, 5) is 24.2. The summed E-state index contributed by atoms with van der Waals surface area (Å²) >= 11 is 0. The van der Waals surface area contributed by atoms with Gasteiger partial charge in [0.25, 0.3) is 0 Å². The molecule has 0 unspecified atom stereocenters. The number of carboxylic acids is 1. The smallest absolute Gasteiger partial charge is 0.336 e. The van der Waals surface area contributed by atoms with Gasteiger partial charge in [0.2, 0.25) is 0 Å². The van der Waals surface area contributed by atoms with Gasteiger partial charge in [0.1, 0.15) is 5.75 Å². The van der Waals surface area contributed by atoms with Crippen LogP contribution in [0.3, 0.4) is 0 Å². The number of hydrogen-bond acceptors (Lipinski definition) is 4. The summed E-state index contributed by atoms with van der Waals surface area (Å²) in [5, 5.41) is 12.7. The molecule has 1 aliphatic heterocycles. The van der Waals surface area contributed by atoms with Crippen LogP contribution in [0.5, 0.6) is 5.75 Å². The Morgan fingerprint density at radius 2 is 1.85 bits per heavy atom. The van der Waals surface area contributed by atoms with Crippen LogP contribution >= 0.6 is 0 Å². The van der Waals surface area contributed by atoms with Crippen LogP contribution < -0.4 is 10.1 Å². The fraction of sp³-hybridized carbons (Fsp3) is 0.238. The van der Waals surface area contributed by atoms with Crippen LogP contribution in [0.1, 0.15) is 45.7 Å². The number of fused-ring (bicyclic) bond motifs is 1. The summed E-state index contributed by atoms with van der Waals surface area (Å²) in [6.45, 7) is 4.12. The Bertz CT molecular complexity index is 912. The first-order chi connectivity index (χ1) is 12.3. The summed E-state index contributed by atoms with van der Waals surface area (Å²) in [6.07, 6.45) is 2.28. The van der Waals surface area contributed by atoms with Crippen LogP contribution in [-0.4, -0.2) is 29.5 Å². The van der Waals surface area contributed by atoms with Gasteiger partial charge in [0.15, 0.2) is 5.78 Å². The molecule has 5 heteroatoms. The largest absolute Gasteiger partial charge is 0.497 e. The molecule has 0 aliphatic carbocycles. The maximum Gasteiger partial charge on any atom is 0.336 e. The average Bonchev–Trinajstić information content (AvgIpc) is 2.60. The highest BCUT2D eigenvalue weighted by Gasteiger charge is 2.28. The maximum atomic E-state index is 12.8. The van der Waals surface area contributed by atoms with Gasteiger partial charge in [-0.1, -0.05) is 24.3 Å². The van der Waals surface area contributed by atoms with Gasteiger partial charge < -0.3 is 15.2 Å². The zero-order valence-electron chi connectivity index (χ0n) is 15.0. The van der Waals surface area contributed by atoms with Crippen LogP contribution in [-0.2, 0) is 6.42 Å². The monoisotopic (exact) mass is 351 g/mol. The van der Waals surface area contributed by atoms with E-state index in [1.807, 2.05) is 18.2 Å². The van der Waals surface area contributed by atoms with Crippen molar-refractivity contribution in [2.24, 2.45) is 0 Å². The lowest BCUT2D eigenvalue weighted by Gasteiger charge is -2.35. The first kappa shape index (κ1) is 17.7. The van der Waals surface area contributed by atoms with Crippen molar-refractivity contribution in [1.29, 1.82) is 0 Å². The van der Waals surface area contributed by atoms with Gasteiger partial charge in [-0.2, -0.15) is 0 Å². The number of ketones is 1. The lowest BCUT2D eigenvalue weighted by Crippen LogP contribution is -2.43. The summed E-state index contributed by atoms with van der Waals surface area (Å²) in [7, 11) is 1.60. The topological polar surface area (TPSA) is 75.6 Å². The van der Waals surface area contributed by atoms with Crippen molar-refractivity contribution in [3.63, 3.8) is 0 Å². The second-order valence-electron chi connectivity index (χ2n) is 6.98. The predicted molar refractivity (Wildman–Crippen MR) is 99.6 cm³/mol. The molecule has 2 aromatic rings. The number of benzene rings is 2. The van der Waals surface area contributed by atoms with Crippen LogP contribution in [0.4, 0.5) is 0 Å². The van der Waals surface area contributed by atoms with E-state index in [1.54, 1.807) is 19.2 Å². The number of aromatic carboxylic acids is 1. The molecular formula is C21H21NO4. The molecule has 1 aliphatic rings. The Hall–Kier alpha value is -3.08. The molecule has 0 radical (unpaired) electrons. The zero-order chi connectivity index (χ0) is 18.9. The van der Waals surface area contributed by atoms with Crippen LogP contribution in [0.25, 0.3) is 5.70 Å². The molecule has 0 saturated carbocycles. The van der Waals surface area contributed by atoms with E-state index in [-0.39, 0.29) is 22.4 Å². The van der Waals surface area contributed by atoms with Gasteiger partial charge in [-0.3, -0.25) is 4.79 Å². The molecule has 1 heterocycles. The molecule has 0 amide bonds. The number of methoxy groups -OCH3 is 1. The number of carboxylic acid groups (broad SMARTS) is 1. The Labute approximate surface area is 152 Å². The number of allylic oxidation sites excluding steroid dienone is 1. The number of rotatable bonds is 4. The van der Waals surface area contributed by atoms with E-state index < -0.39 is 5.97 Å². The minimum atomic E-state index is -1.12. The van der Waals surface area contributed by atoms with E-state index in [2.05, 4.69) is 19.2 Å². The number of nitrogens with one attached hydrogen (secondary N) is 1. The molecule has 0 bridgehead atoms. The second kappa shape index (κ2) is 6.67. The number of carbonyl (C=O) groups excluding carboxylic acids is 1. The molecule has 0 atom stereocenters. The number of hydrogen-bond donors (Lipinski definition) is 2. The van der Waals surface area contributed by atoms with E-state index in [0.29, 0.717) is 11.4 Å². The van der Waals surface area contributed by atoms with Gasteiger partial charge in [-0.05, 0) is 44.0 Å². The Balaban J connectivity index is 2.08. The van der Waals surface area contributed by atoms with Gasteiger partial charge in [-0.25, -0.2) is 4.79 Å². The molecule has 2 N–H and O–H groups in total. The molecule has 134 valence electrons. The molecule has 0 fully saturated rings. The van der Waals surface area contributed by atoms with Crippen molar-refractivity contribution in [1.82, 2.24) is 5.32 Å².